The molecule has 1 aliphatic rings. The van der Waals surface area contributed by atoms with E-state index in [2.05, 4.69) is 18.3 Å². The molecule has 0 aliphatic heterocycles. The highest BCUT2D eigenvalue weighted by Crippen LogP contribution is 2.29. The summed E-state index contributed by atoms with van der Waals surface area (Å²) < 4.78 is 0. The zero-order valence-electron chi connectivity index (χ0n) is 11.1. The maximum absolute atomic E-state index is 8.75. The van der Waals surface area contributed by atoms with Crippen LogP contribution in [0.25, 0.3) is 0 Å². The summed E-state index contributed by atoms with van der Waals surface area (Å²) in [5, 5.41) is 14.2. The average molecular weight is 262 g/mol. The molecule has 2 rings (SSSR count). The smallest absolute Gasteiger partial charge is 0.100 e. The van der Waals surface area contributed by atoms with Crippen LogP contribution in [-0.4, -0.2) is 6.54 Å². The predicted molar refractivity (Wildman–Crippen MR) is 76.5 cm³/mol. The normalized spacial score (nSPS) is 23.8. The molecule has 0 amide bonds. The molecule has 1 aromatic rings. The Morgan fingerprint density at radius 1 is 1.39 bits per heavy atom. The number of nitrogens with zero attached hydrogens (tertiary/aromatic N) is 1. The van der Waals surface area contributed by atoms with Gasteiger partial charge in [0.05, 0.1) is 5.56 Å². The van der Waals surface area contributed by atoms with Gasteiger partial charge in [0.1, 0.15) is 6.07 Å². The van der Waals surface area contributed by atoms with E-state index >= 15 is 0 Å². The lowest BCUT2D eigenvalue weighted by atomic mass is 9.81. The molecular weight excluding hydrogens is 240 g/mol. The lowest BCUT2D eigenvalue weighted by Crippen LogP contribution is -2.20. The maximum atomic E-state index is 8.75. The monoisotopic (exact) mass is 262 g/mol. The van der Waals surface area contributed by atoms with Gasteiger partial charge in [0.15, 0.2) is 0 Å². The molecule has 2 nitrogen and oxygen atoms in total. The molecule has 0 aromatic carbocycles. The minimum absolute atomic E-state index is 0.790. The topological polar surface area (TPSA) is 35.8 Å². The van der Waals surface area contributed by atoms with E-state index in [0.717, 1.165) is 30.5 Å². The van der Waals surface area contributed by atoms with Gasteiger partial charge in [-0.25, -0.2) is 0 Å². The first-order chi connectivity index (χ1) is 8.78. The molecule has 1 fully saturated rings. The molecule has 0 bridgehead atoms. The van der Waals surface area contributed by atoms with Crippen LogP contribution in [0.2, 0.25) is 0 Å². The number of hydrogen-bond donors (Lipinski definition) is 1. The molecule has 0 unspecified atom stereocenters. The largest absolute Gasteiger partial charge is 0.312 e. The van der Waals surface area contributed by atoms with Gasteiger partial charge >= 0.3 is 0 Å². The molecule has 0 spiro atoms. The van der Waals surface area contributed by atoms with Crippen molar-refractivity contribution in [3.8, 4) is 6.07 Å². The van der Waals surface area contributed by atoms with Crippen LogP contribution in [0.1, 0.15) is 49.5 Å². The van der Waals surface area contributed by atoms with Gasteiger partial charge in [-0.15, -0.1) is 11.3 Å². The molecule has 98 valence electrons. The Morgan fingerprint density at radius 3 is 2.83 bits per heavy atom. The van der Waals surface area contributed by atoms with Crippen LogP contribution in [0.3, 0.4) is 0 Å². The van der Waals surface area contributed by atoms with E-state index < -0.39 is 0 Å². The van der Waals surface area contributed by atoms with Gasteiger partial charge in [-0.2, -0.15) is 5.26 Å². The molecule has 0 radical (unpaired) electrons. The van der Waals surface area contributed by atoms with Gasteiger partial charge in [-0.3, -0.25) is 0 Å². The van der Waals surface area contributed by atoms with Crippen LogP contribution in [-0.2, 0) is 6.54 Å². The number of hydrogen-bond acceptors (Lipinski definition) is 3. The predicted octanol–water partition coefficient (Wildman–Crippen LogP) is 3.93. The van der Waals surface area contributed by atoms with E-state index in [1.54, 1.807) is 11.3 Å². The Morgan fingerprint density at radius 2 is 2.17 bits per heavy atom. The summed E-state index contributed by atoms with van der Waals surface area (Å²) in [5.41, 5.74) is 0.790. The Kier molecular flexibility index (Phi) is 5.22. The van der Waals surface area contributed by atoms with Gasteiger partial charge < -0.3 is 5.32 Å². The fourth-order valence-electron chi connectivity index (χ4n) is 2.67. The third-order valence-corrected chi connectivity index (χ3v) is 4.88. The van der Waals surface area contributed by atoms with Crippen molar-refractivity contribution in [1.29, 1.82) is 5.26 Å². The fourth-order valence-corrected chi connectivity index (χ4v) is 3.45. The van der Waals surface area contributed by atoms with Gasteiger partial charge in [0, 0.05) is 16.8 Å². The molecule has 1 heterocycles. The number of nitriles is 1. The van der Waals surface area contributed by atoms with E-state index in [9.17, 15) is 0 Å². The van der Waals surface area contributed by atoms with Crippen molar-refractivity contribution in [3.05, 3.63) is 21.9 Å². The van der Waals surface area contributed by atoms with Crippen molar-refractivity contribution >= 4 is 11.3 Å². The maximum Gasteiger partial charge on any atom is 0.100 e. The third-order valence-electron chi connectivity index (χ3n) is 3.95. The second-order valence-electron chi connectivity index (χ2n) is 5.50. The van der Waals surface area contributed by atoms with E-state index in [1.807, 2.05) is 11.4 Å². The van der Waals surface area contributed by atoms with Crippen LogP contribution in [0.15, 0.2) is 11.4 Å². The molecule has 3 heteroatoms. The van der Waals surface area contributed by atoms with Crippen molar-refractivity contribution in [2.24, 2.45) is 11.8 Å². The minimum Gasteiger partial charge on any atom is -0.312 e. The molecule has 0 atom stereocenters. The standard InChI is InChI=1S/C15H22N2S/c1-12-2-4-13(5-3-12)6-7-17-10-15-8-14(9-16)11-18-15/h8,11-13,17H,2-7,10H2,1H3. The SMILES string of the molecule is CC1CCC(CCNCc2cc(C#N)cs2)CC1. The number of rotatable bonds is 5. The Hall–Kier alpha value is -0.850. The minimum atomic E-state index is 0.790. The van der Waals surface area contributed by atoms with Crippen molar-refractivity contribution in [2.45, 2.75) is 45.6 Å². The van der Waals surface area contributed by atoms with Crippen LogP contribution in [0.4, 0.5) is 0 Å². The Labute approximate surface area is 114 Å². The van der Waals surface area contributed by atoms with Crippen molar-refractivity contribution in [1.82, 2.24) is 5.32 Å². The van der Waals surface area contributed by atoms with Crippen LogP contribution >= 0.6 is 11.3 Å². The van der Waals surface area contributed by atoms with Gasteiger partial charge in [-0.1, -0.05) is 32.6 Å². The summed E-state index contributed by atoms with van der Waals surface area (Å²) in [7, 11) is 0. The van der Waals surface area contributed by atoms with Crippen LogP contribution < -0.4 is 5.32 Å². The lowest BCUT2D eigenvalue weighted by Gasteiger charge is -2.26. The summed E-state index contributed by atoms with van der Waals surface area (Å²) in [6.07, 6.45) is 6.98. The van der Waals surface area contributed by atoms with Gasteiger partial charge in [0.25, 0.3) is 0 Å². The summed E-state index contributed by atoms with van der Waals surface area (Å²) in [6, 6.07) is 4.16. The third kappa shape index (κ3) is 4.12. The summed E-state index contributed by atoms with van der Waals surface area (Å²) >= 11 is 1.68. The summed E-state index contributed by atoms with van der Waals surface area (Å²) in [4.78, 5) is 1.27. The van der Waals surface area contributed by atoms with Crippen molar-refractivity contribution < 1.29 is 0 Å². The Bertz CT molecular complexity index is 397. The van der Waals surface area contributed by atoms with Crippen LogP contribution in [0, 0.1) is 23.2 Å². The molecule has 18 heavy (non-hydrogen) atoms. The van der Waals surface area contributed by atoms with Gasteiger partial charge in [-0.05, 0) is 30.9 Å². The van der Waals surface area contributed by atoms with E-state index in [-0.39, 0.29) is 0 Å². The molecule has 1 saturated carbocycles. The molecule has 1 N–H and O–H groups in total. The van der Waals surface area contributed by atoms with Crippen LogP contribution in [0.5, 0.6) is 0 Å². The molecule has 1 aliphatic carbocycles. The van der Waals surface area contributed by atoms with E-state index in [4.69, 9.17) is 5.26 Å². The molecule has 0 saturated heterocycles. The fraction of sp³-hybridized carbons (Fsp3) is 0.667. The highest BCUT2D eigenvalue weighted by atomic mass is 32.1. The zero-order chi connectivity index (χ0) is 12.8. The van der Waals surface area contributed by atoms with Crippen molar-refractivity contribution in [3.63, 3.8) is 0 Å². The highest BCUT2D eigenvalue weighted by Gasteiger charge is 2.17. The lowest BCUT2D eigenvalue weighted by molar-refractivity contribution is 0.275. The first kappa shape index (κ1) is 13.6. The molecule has 1 aromatic heterocycles. The van der Waals surface area contributed by atoms with E-state index in [1.165, 1.54) is 37.0 Å². The van der Waals surface area contributed by atoms with E-state index in [0.29, 0.717) is 0 Å². The summed E-state index contributed by atoms with van der Waals surface area (Å²) in [5.74, 6) is 1.89. The van der Waals surface area contributed by atoms with Crippen molar-refractivity contribution in [2.75, 3.05) is 6.54 Å². The summed E-state index contributed by atoms with van der Waals surface area (Å²) in [6.45, 7) is 4.40. The van der Waals surface area contributed by atoms with Gasteiger partial charge in [0.2, 0.25) is 0 Å². The highest BCUT2D eigenvalue weighted by molar-refractivity contribution is 7.10. The second-order valence-corrected chi connectivity index (χ2v) is 6.50. The zero-order valence-corrected chi connectivity index (χ0v) is 11.9. The first-order valence-electron chi connectivity index (χ1n) is 6.96. The quantitative estimate of drug-likeness (QED) is 0.816. The number of thiophene rings is 1. The second kappa shape index (κ2) is 6.92. The number of nitrogens with one attached hydrogen (secondary N) is 1. The average Bonchev–Trinajstić information content (AvgIpc) is 2.85. The Balaban J connectivity index is 1.60. The molecular formula is C15H22N2S. The first-order valence-corrected chi connectivity index (χ1v) is 7.84.